The Kier molecular flexibility index (Phi) is 3.91. The van der Waals surface area contributed by atoms with E-state index in [0.717, 1.165) is 18.4 Å². The van der Waals surface area contributed by atoms with Crippen molar-refractivity contribution in [1.82, 2.24) is 0 Å². The van der Waals surface area contributed by atoms with E-state index in [0.29, 0.717) is 10.6 Å². The highest BCUT2D eigenvalue weighted by Crippen LogP contribution is 2.46. The molecule has 0 spiro atoms. The van der Waals surface area contributed by atoms with Gasteiger partial charge in [0.15, 0.2) is 0 Å². The molecule has 2 N–H and O–H groups in total. The Hall–Kier alpha value is -1.41. The second-order valence-corrected chi connectivity index (χ2v) is 5.80. The molecule has 1 unspecified atom stereocenters. The van der Waals surface area contributed by atoms with Gasteiger partial charge in [-0.15, -0.1) is 0 Å². The summed E-state index contributed by atoms with van der Waals surface area (Å²) < 4.78 is 0. The molecule has 0 aliphatic heterocycles. The molecule has 0 fully saturated rings. The molecule has 0 saturated carbocycles. The second-order valence-electron chi connectivity index (χ2n) is 5.39. The first-order valence-electron chi connectivity index (χ1n) is 6.44. The summed E-state index contributed by atoms with van der Waals surface area (Å²) >= 11 is 6.21. The van der Waals surface area contributed by atoms with Gasteiger partial charge in [-0.2, -0.15) is 0 Å². The van der Waals surface area contributed by atoms with E-state index in [-0.39, 0.29) is 23.3 Å². The molecule has 1 aromatic carbocycles. The molecule has 3 heteroatoms. The van der Waals surface area contributed by atoms with Crippen molar-refractivity contribution in [3.8, 4) is 11.5 Å². The van der Waals surface area contributed by atoms with Gasteiger partial charge in [0.25, 0.3) is 0 Å². The lowest BCUT2D eigenvalue weighted by molar-refractivity contribution is 0.426. The zero-order valence-electron chi connectivity index (χ0n) is 11.3. The minimum Gasteiger partial charge on any atom is -0.508 e. The number of phenols is 2. The maximum atomic E-state index is 10.1. The summed E-state index contributed by atoms with van der Waals surface area (Å²) in [6.07, 6.45) is 4.21. The molecule has 1 aromatic rings. The smallest absolute Gasteiger partial charge is 0.124 e. The number of halogens is 1. The summed E-state index contributed by atoms with van der Waals surface area (Å²) in [7, 11) is 0. The molecule has 0 heterocycles. The third kappa shape index (κ3) is 2.79. The fourth-order valence-electron chi connectivity index (χ4n) is 2.83. The highest BCUT2D eigenvalue weighted by molar-refractivity contribution is 6.31. The molecule has 0 amide bonds. The Morgan fingerprint density at radius 2 is 2.05 bits per heavy atom. The van der Waals surface area contributed by atoms with E-state index >= 15 is 0 Å². The standard InChI is InChI=1S/C16H19ClO2/c1-9(2)12-5-4-10(3)6-13(12)16-14(17)7-11(18)8-15(16)19/h6-8,12-13,18-19H,1,4-5H2,2-3H3/t12?,13-/m1/s1. The number of rotatable bonds is 2. The maximum Gasteiger partial charge on any atom is 0.124 e. The number of aromatic hydroxyl groups is 2. The van der Waals surface area contributed by atoms with Crippen LogP contribution in [0.15, 0.2) is 35.9 Å². The zero-order chi connectivity index (χ0) is 14.2. The van der Waals surface area contributed by atoms with Crippen molar-refractivity contribution >= 4 is 11.6 Å². The van der Waals surface area contributed by atoms with Gasteiger partial charge in [0.1, 0.15) is 11.5 Å². The van der Waals surface area contributed by atoms with Crippen molar-refractivity contribution in [2.45, 2.75) is 32.6 Å². The quantitative estimate of drug-likeness (QED) is 0.765. The fraction of sp³-hybridized carbons (Fsp3) is 0.375. The molecule has 2 atom stereocenters. The van der Waals surface area contributed by atoms with Gasteiger partial charge in [-0.1, -0.05) is 35.4 Å². The van der Waals surface area contributed by atoms with Gasteiger partial charge in [0.2, 0.25) is 0 Å². The van der Waals surface area contributed by atoms with Crippen LogP contribution in [0.3, 0.4) is 0 Å². The van der Waals surface area contributed by atoms with Gasteiger partial charge in [-0.05, 0) is 38.7 Å². The summed E-state index contributed by atoms with van der Waals surface area (Å²) in [5.41, 5.74) is 3.08. The Bertz CT molecular complexity index is 523. The van der Waals surface area contributed by atoms with Gasteiger partial charge >= 0.3 is 0 Å². The number of benzene rings is 1. The number of hydrogen-bond donors (Lipinski definition) is 2. The van der Waals surface area contributed by atoms with E-state index in [9.17, 15) is 10.2 Å². The largest absolute Gasteiger partial charge is 0.508 e. The van der Waals surface area contributed by atoms with Crippen LogP contribution >= 0.6 is 11.6 Å². The molecule has 2 rings (SSSR count). The van der Waals surface area contributed by atoms with E-state index in [4.69, 9.17) is 11.6 Å². The molecule has 0 bridgehead atoms. The van der Waals surface area contributed by atoms with Crippen LogP contribution in [0.5, 0.6) is 11.5 Å². The summed E-state index contributed by atoms with van der Waals surface area (Å²) in [5.74, 6) is 0.331. The first-order valence-corrected chi connectivity index (χ1v) is 6.82. The lowest BCUT2D eigenvalue weighted by Gasteiger charge is -2.31. The molecule has 1 aliphatic carbocycles. The number of hydrogen-bond acceptors (Lipinski definition) is 2. The van der Waals surface area contributed by atoms with Gasteiger partial charge in [0.05, 0.1) is 5.02 Å². The Morgan fingerprint density at radius 1 is 1.37 bits per heavy atom. The highest BCUT2D eigenvalue weighted by Gasteiger charge is 2.29. The third-order valence-electron chi connectivity index (χ3n) is 3.81. The van der Waals surface area contributed by atoms with Crippen LogP contribution in [-0.2, 0) is 0 Å². The first kappa shape index (κ1) is 14.0. The van der Waals surface area contributed by atoms with E-state index in [1.165, 1.54) is 17.7 Å². The first-order chi connectivity index (χ1) is 8.90. The van der Waals surface area contributed by atoms with Gasteiger partial charge in [0, 0.05) is 17.5 Å². The second kappa shape index (κ2) is 5.30. The van der Waals surface area contributed by atoms with Gasteiger partial charge < -0.3 is 10.2 Å². The molecule has 0 aromatic heterocycles. The SMILES string of the molecule is C=C(C)C1CCC(C)=C[C@H]1c1c(O)cc(O)cc1Cl. The molecule has 0 saturated heterocycles. The predicted octanol–water partition coefficient (Wildman–Crippen LogP) is 4.77. The topological polar surface area (TPSA) is 40.5 Å². The van der Waals surface area contributed by atoms with Gasteiger partial charge in [-0.3, -0.25) is 0 Å². The summed E-state index contributed by atoms with van der Waals surface area (Å²) in [4.78, 5) is 0. The fourth-order valence-corrected chi connectivity index (χ4v) is 3.16. The van der Waals surface area contributed by atoms with Crippen molar-refractivity contribution < 1.29 is 10.2 Å². The normalized spacial score (nSPS) is 23.0. The van der Waals surface area contributed by atoms with Crippen molar-refractivity contribution in [2.75, 3.05) is 0 Å². The Morgan fingerprint density at radius 3 is 2.63 bits per heavy atom. The number of allylic oxidation sites excluding steroid dienone is 3. The van der Waals surface area contributed by atoms with Crippen LogP contribution in [0.25, 0.3) is 0 Å². The summed E-state index contributed by atoms with van der Waals surface area (Å²) in [5, 5.41) is 20.0. The van der Waals surface area contributed by atoms with E-state index < -0.39 is 0 Å². The summed E-state index contributed by atoms with van der Waals surface area (Å²) in [6.45, 7) is 8.15. The predicted molar refractivity (Wildman–Crippen MR) is 78.8 cm³/mol. The number of phenolic OH excluding ortho intramolecular Hbond substituents is 2. The zero-order valence-corrected chi connectivity index (χ0v) is 12.0. The van der Waals surface area contributed by atoms with Crippen LogP contribution in [0.4, 0.5) is 0 Å². The maximum absolute atomic E-state index is 10.1. The van der Waals surface area contributed by atoms with Crippen LogP contribution in [0.2, 0.25) is 5.02 Å². The molecule has 1 aliphatic rings. The van der Waals surface area contributed by atoms with Crippen LogP contribution < -0.4 is 0 Å². The van der Waals surface area contributed by atoms with Crippen molar-refractivity contribution in [3.05, 3.63) is 46.5 Å². The minimum absolute atomic E-state index is 0.0189. The summed E-state index contributed by atoms with van der Waals surface area (Å²) in [6, 6.07) is 2.82. The van der Waals surface area contributed by atoms with E-state index in [1.54, 1.807) is 0 Å². The van der Waals surface area contributed by atoms with E-state index in [2.05, 4.69) is 19.6 Å². The van der Waals surface area contributed by atoms with Crippen molar-refractivity contribution in [1.29, 1.82) is 0 Å². The Labute approximate surface area is 119 Å². The third-order valence-corrected chi connectivity index (χ3v) is 4.12. The molecular weight excluding hydrogens is 260 g/mol. The van der Waals surface area contributed by atoms with Crippen LogP contribution in [-0.4, -0.2) is 10.2 Å². The average Bonchev–Trinajstić information content (AvgIpc) is 2.27. The molecule has 2 nitrogen and oxygen atoms in total. The molecule has 19 heavy (non-hydrogen) atoms. The lowest BCUT2D eigenvalue weighted by atomic mass is 9.74. The van der Waals surface area contributed by atoms with Crippen LogP contribution in [0, 0.1) is 5.92 Å². The van der Waals surface area contributed by atoms with Crippen molar-refractivity contribution in [2.24, 2.45) is 5.92 Å². The van der Waals surface area contributed by atoms with Gasteiger partial charge in [-0.25, -0.2) is 0 Å². The average molecular weight is 279 g/mol. The molecular formula is C16H19ClO2. The Balaban J connectivity index is 2.54. The minimum atomic E-state index is -0.0189. The monoisotopic (exact) mass is 278 g/mol. The van der Waals surface area contributed by atoms with Crippen LogP contribution in [0.1, 0.15) is 38.2 Å². The molecule has 102 valence electrons. The molecule has 0 radical (unpaired) electrons. The highest BCUT2D eigenvalue weighted by atomic mass is 35.5. The lowest BCUT2D eigenvalue weighted by Crippen LogP contribution is -2.17. The van der Waals surface area contributed by atoms with E-state index in [1.807, 2.05) is 6.92 Å². The van der Waals surface area contributed by atoms with Crippen molar-refractivity contribution in [3.63, 3.8) is 0 Å².